The third-order valence-corrected chi connectivity index (χ3v) is 1.81. The maximum absolute atomic E-state index is 10.7. The third-order valence-electron chi connectivity index (χ3n) is 1.81. The van der Waals surface area contributed by atoms with Gasteiger partial charge in [-0.2, -0.15) is 0 Å². The Morgan fingerprint density at radius 2 is 1.43 bits per heavy atom. The van der Waals surface area contributed by atoms with Gasteiger partial charge in [-0.05, 0) is 20.8 Å². The van der Waals surface area contributed by atoms with Crippen LogP contribution in [0.25, 0.3) is 0 Å². The fourth-order valence-electron chi connectivity index (χ4n) is 0.943. The zero-order valence-corrected chi connectivity index (χ0v) is 13.1. The van der Waals surface area contributed by atoms with Crippen molar-refractivity contribution in [1.82, 2.24) is 0 Å². The first-order valence-electron chi connectivity index (χ1n) is 6.91. The summed E-state index contributed by atoms with van der Waals surface area (Å²) in [6.45, 7) is 6.20. The number of carbonyl (C=O) groups is 1. The second kappa shape index (κ2) is 20.2. The van der Waals surface area contributed by atoms with Gasteiger partial charge in [0.1, 0.15) is 0 Å². The fraction of sp³-hybridized carbons (Fsp3) is 0.278. The van der Waals surface area contributed by atoms with Crippen LogP contribution in [0.15, 0.2) is 72.9 Å². The Kier molecular flexibility index (Phi) is 20.4. The SMILES string of the molecule is CC=CC=CC=CC(=O)OCC.CC=CC=CC=CCO. The standard InChI is InChI=1S/C10H14O2.C8H12O/c1-3-5-6-7-8-9-10(11)12-4-2;1-2-3-4-5-6-7-8-9/h3,5-9H,4H2,1-2H3;2-7,9H,8H2,1H3. The summed E-state index contributed by atoms with van der Waals surface area (Å²) in [5, 5.41) is 8.28. The van der Waals surface area contributed by atoms with Crippen molar-refractivity contribution < 1.29 is 14.6 Å². The van der Waals surface area contributed by atoms with E-state index in [-0.39, 0.29) is 12.6 Å². The zero-order chi connectivity index (χ0) is 16.2. The first kappa shape index (κ1) is 21.2. The number of rotatable bonds is 7. The van der Waals surface area contributed by atoms with Crippen molar-refractivity contribution in [2.24, 2.45) is 0 Å². The summed E-state index contributed by atoms with van der Waals surface area (Å²) in [4.78, 5) is 10.7. The summed E-state index contributed by atoms with van der Waals surface area (Å²) in [5.41, 5.74) is 0. The van der Waals surface area contributed by atoms with Crippen molar-refractivity contribution in [3.63, 3.8) is 0 Å². The number of ether oxygens (including phenoxy) is 1. The minimum absolute atomic E-state index is 0.111. The molecule has 0 atom stereocenters. The van der Waals surface area contributed by atoms with E-state index in [1.165, 1.54) is 6.08 Å². The lowest BCUT2D eigenvalue weighted by Gasteiger charge is -1.92. The largest absolute Gasteiger partial charge is 0.463 e. The van der Waals surface area contributed by atoms with Crippen molar-refractivity contribution in [3.8, 4) is 0 Å². The van der Waals surface area contributed by atoms with Crippen LogP contribution in [0.3, 0.4) is 0 Å². The quantitative estimate of drug-likeness (QED) is 0.439. The normalized spacial score (nSPS) is 12.2. The molecule has 0 amide bonds. The molecular formula is C18H26O3. The van der Waals surface area contributed by atoms with E-state index in [1.54, 1.807) is 31.2 Å². The molecule has 0 unspecified atom stereocenters. The number of aliphatic hydroxyl groups excluding tert-OH is 1. The van der Waals surface area contributed by atoms with E-state index in [9.17, 15) is 4.79 Å². The number of aliphatic hydroxyl groups is 1. The highest BCUT2D eigenvalue weighted by Crippen LogP contribution is 1.83. The molecule has 3 heteroatoms. The summed E-state index contributed by atoms with van der Waals surface area (Å²) in [6, 6.07) is 0. The zero-order valence-electron chi connectivity index (χ0n) is 13.1. The highest BCUT2D eigenvalue weighted by molar-refractivity contribution is 5.82. The van der Waals surface area contributed by atoms with E-state index in [0.29, 0.717) is 6.61 Å². The Hall–Kier alpha value is -2.13. The molecule has 0 saturated heterocycles. The second-order valence-electron chi connectivity index (χ2n) is 3.54. The van der Waals surface area contributed by atoms with E-state index < -0.39 is 0 Å². The maximum Gasteiger partial charge on any atom is 0.330 e. The lowest BCUT2D eigenvalue weighted by molar-refractivity contribution is -0.137. The number of hydrogen-bond donors (Lipinski definition) is 1. The van der Waals surface area contributed by atoms with Crippen molar-refractivity contribution in [2.75, 3.05) is 13.2 Å². The van der Waals surface area contributed by atoms with Crippen LogP contribution < -0.4 is 0 Å². The van der Waals surface area contributed by atoms with E-state index in [0.717, 1.165) is 0 Å². The fourth-order valence-corrected chi connectivity index (χ4v) is 0.943. The molecule has 0 heterocycles. The van der Waals surface area contributed by atoms with E-state index in [2.05, 4.69) is 4.74 Å². The van der Waals surface area contributed by atoms with Gasteiger partial charge < -0.3 is 9.84 Å². The predicted molar refractivity (Wildman–Crippen MR) is 89.9 cm³/mol. The van der Waals surface area contributed by atoms with Gasteiger partial charge >= 0.3 is 5.97 Å². The number of hydrogen-bond acceptors (Lipinski definition) is 3. The summed E-state index contributed by atoms with van der Waals surface area (Å²) in [7, 11) is 0. The first-order chi connectivity index (χ1) is 10.2. The van der Waals surface area contributed by atoms with Gasteiger partial charge in [0.15, 0.2) is 0 Å². The van der Waals surface area contributed by atoms with E-state index in [4.69, 9.17) is 5.11 Å². The Balaban J connectivity index is 0. The molecule has 0 fully saturated rings. The van der Waals surface area contributed by atoms with Gasteiger partial charge in [-0.3, -0.25) is 0 Å². The minimum atomic E-state index is -0.303. The monoisotopic (exact) mass is 290 g/mol. The van der Waals surface area contributed by atoms with Gasteiger partial charge in [-0.1, -0.05) is 66.8 Å². The molecule has 0 spiro atoms. The van der Waals surface area contributed by atoms with E-state index >= 15 is 0 Å². The lowest BCUT2D eigenvalue weighted by Crippen LogP contribution is -1.98. The summed E-state index contributed by atoms with van der Waals surface area (Å²) in [5.74, 6) is -0.303. The molecular weight excluding hydrogens is 264 g/mol. The van der Waals surface area contributed by atoms with Crippen LogP contribution in [0.4, 0.5) is 0 Å². The molecule has 0 aromatic heterocycles. The predicted octanol–water partition coefficient (Wildman–Crippen LogP) is 3.91. The lowest BCUT2D eigenvalue weighted by atomic mass is 10.4. The third kappa shape index (κ3) is 23.4. The molecule has 0 aliphatic carbocycles. The maximum atomic E-state index is 10.7. The highest BCUT2D eigenvalue weighted by Gasteiger charge is 1.89. The molecule has 0 bridgehead atoms. The van der Waals surface area contributed by atoms with Gasteiger partial charge in [0.05, 0.1) is 13.2 Å². The summed E-state index contributed by atoms with van der Waals surface area (Å²) < 4.78 is 4.67. The summed E-state index contributed by atoms with van der Waals surface area (Å²) >= 11 is 0. The van der Waals surface area contributed by atoms with Crippen LogP contribution in [0, 0.1) is 0 Å². The molecule has 0 aliphatic rings. The van der Waals surface area contributed by atoms with Gasteiger partial charge in [0.25, 0.3) is 0 Å². The van der Waals surface area contributed by atoms with Gasteiger partial charge in [0.2, 0.25) is 0 Å². The van der Waals surface area contributed by atoms with Crippen LogP contribution in [0.5, 0.6) is 0 Å². The minimum Gasteiger partial charge on any atom is -0.463 e. The van der Waals surface area contributed by atoms with Gasteiger partial charge in [-0.15, -0.1) is 0 Å². The van der Waals surface area contributed by atoms with Crippen molar-refractivity contribution >= 4 is 5.97 Å². The topological polar surface area (TPSA) is 46.5 Å². The second-order valence-corrected chi connectivity index (χ2v) is 3.54. The van der Waals surface area contributed by atoms with Crippen LogP contribution >= 0.6 is 0 Å². The summed E-state index contributed by atoms with van der Waals surface area (Å²) in [6.07, 6.45) is 21.6. The molecule has 0 radical (unpaired) electrons. The molecule has 1 N–H and O–H groups in total. The Morgan fingerprint density at radius 3 is 1.90 bits per heavy atom. The molecule has 0 rings (SSSR count). The number of allylic oxidation sites excluding steroid dienone is 10. The van der Waals surface area contributed by atoms with Crippen LogP contribution in [0.2, 0.25) is 0 Å². The molecule has 3 nitrogen and oxygen atoms in total. The van der Waals surface area contributed by atoms with Crippen LogP contribution in [-0.2, 0) is 9.53 Å². The molecule has 0 aromatic rings. The Bertz CT molecular complexity index is 397. The highest BCUT2D eigenvalue weighted by atomic mass is 16.5. The molecule has 116 valence electrons. The van der Waals surface area contributed by atoms with Gasteiger partial charge in [0, 0.05) is 6.08 Å². The van der Waals surface area contributed by atoms with Crippen molar-refractivity contribution in [1.29, 1.82) is 0 Å². The average molecular weight is 290 g/mol. The van der Waals surface area contributed by atoms with Crippen LogP contribution in [-0.4, -0.2) is 24.3 Å². The van der Waals surface area contributed by atoms with Crippen LogP contribution in [0.1, 0.15) is 20.8 Å². The molecule has 0 aromatic carbocycles. The first-order valence-corrected chi connectivity index (χ1v) is 6.91. The van der Waals surface area contributed by atoms with Crippen molar-refractivity contribution in [3.05, 3.63) is 72.9 Å². The molecule has 0 saturated carbocycles. The van der Waals surface area contributed by atoms with E-state index in [1.807, 2.05) is 56.4 Å². The molecule has 0 aliphatic heterocycles. The van der Waals surface area contributed by atoms with Crippen molar-refractivity contribution in [2.45, 2.75) is 20.8 Å². The molecule has 21 heavy (non-hydrogen) atoms. The number of carbonyl (C=O) groups excluding carboxylic acids is 1. The van der Waals surface area contributed by atoms with Gasteiger partial charge in [-0.25, -0.2) is 4.79 Å². The number of esters is 1. The Morgan fingerprint density at radius 1 is 0.905 bits per heavy atom. The smallest absolute Gasteiger partial charge is 0.330 e. The average Bonchev–Trinajstić information content (AvgIpc) is 2.48. The Labute approximate surface area is 128 Å².